The standard InChI is InChI=1S/C21H17N5O2/c1-14-20(22-24-25(14)16-9-5-3-6-10-16)21(28)19-13-18(15(2)27)23-26(19)17-11-7-4-8-12-17/h3-13H,1-2H3. The summed E-state index contributed by atoms with van der Waals surface area (Å²) in [7, 11) is 0. The van der Waals surface area contributed by atoms with Gasteiger partial charge < -0.3 is 0 Å². The Hall–Kier alpha value is -3.87. The number of ketones is 2. The maximum absolute atomic E-state index is 13.3. The van der Waals surface area contributed by atoms with E-state index in [1.807, 2.05) is 60.7 Å². The van der Waals surface area contributed by atoms with Gasteiger partial charge in [-0.1, -0.05) is 41.6 Å². The second-order valence-corrected chi connectivity index (χ2v) is 6.32. The van der Waals surface area contributed by atoms with Crippen LogP contribution in [0.4, 0.5) is 0 Å². The van der Waals surface area contributed by atoms with E-state index in [0.717, 1.165) is 5.69 Å². The molecular weight excluding hydrogens is 354 g/mol. The van der Waals surface area contributed by atoms with Crippen LogP contribution in [0, 0.1) is 6.92 Å². The van der Waals surface area contributed by atoms with Gasteiger partial charge in [0.25, 0.3) is 0 Å². The van der Waals surface area contributed by atoms with Crippen LogP contribution in [0.1, 0.15) is 39.3 Å². The number of carbonyl (C=O) groups excluding carboxylic acids is 2. The zero-order chi connectivity index (χ0) is 19.7. The number of Topliss-reactive ketones (excluding diaryl/α,β-unsaturated/α-hetero) is 1. The predicted molar refractivity (Wildman–Crippen MR) is 103 cm³/mol. The summed E-state index contributed by atoms with van der Waals surface area (Å²) in [5, 5.41) is 12.5. The molecule has 0 aliphatic carbocycles. The Balaban J connectivity index is 1.81. The third-order valence-corrected chi connectivity index (χ3v) is 4.41. The number of rotatable bonds is 5. The molecule has 7 heteroatoms. The van der Waals surface area contributed by atoms with Crippen LogP contribution in [0.3, 0.4) is 0 Å². The van der Waals surface area contributed by atoms with Crippen LogP contribution in [-0.2, 0) is 0 Å². The molecule has 7 nitrogen and oxygen atoms in total. The van der Waals surface area contributed by atoms with E-state index in [-0.39, 0.29) is 28.6 Å². The Morgan fingerprint density at radius 3 is 2.00 bits per heavy atom. The van der Waals surface area contributed by atoms with Gasteiger partial charge in [0.1, 0.15) is 11.4 Å². The molecule has 4 rings (SSSR count). The molecule has 0 fully saturated rings. The second-order valence-electron chi connectivity index (χ2n) is 6.32. The fourth-order valence-corrected chi connectivity index (χ4v) is 2.96. The molecule has 0 aliphatic rings. The Labute approximate surface area is 161 Å². The summed E-state index contributed by atoms with van der Waals surface area (Å²) in [6.07, 6.45) is 0. The molecule has 0 saturated heterocycles. The minimum atomic E-state index is -0.344. The van der Waals surface area contributed by atoms with E-state index in [1.165, 1.54) is 17.7 Å². The smallest absolute Gasteiger partial charge is 0.233 e. The summed E-state index contributed by atoms with van der Waals surface area (Å²) >= 11 is 0. The van der Waals surface area contributed by atoms with Gasteiger partial charge >= 0.3 is 0 Å². The first-order valence-corrected chi connectivity index (χ1v) is 8.75. The molecule has 0 radical (unpaired) electrons. The van der Waals surface area contributed by atoms with Crippen molar-refractivity contribution < 1.29 is 9.59 Å². The molecule has 0 N–H and O–H groups in total. The fraction of sp³-hybridized carbons (Fsp3) is 0.0952. The number of hydrogen-bond donors (Lipinski definition) is 0. The highest BCUT2D eigenvalue weighted by Gasteiger charge is 2.25. The topological polar surface area (TPSA) is 82.7 Å². The summed E-state index contributed by atoms with van der Waals surface area (Å²) in [4.78, 5) is 25.1. The minimum absolute atomic E-state index is 0.214. The zero-order valence-electron chi connectivity index (χ0n) is 15.4. The summed E-state index contributed by atoms with van der Waals surface area (Å²) in [6, 6.07) is 20.2. The Bertz CT molecular complexity index is 1160. The van der Waals surface area contributed by atoms with E-state index in [9.17, 15) is 9.59 Å². The minimum Gasteiger partial charge on any atom is -0.293 e. The van der Waals surface area contributed by atoms with Crippen molar-refractivity contribution in [2.75, 3.05) is 0 Å². The zero-order valence-corrected chi connectivity index (χ0v) is 15.4. The fourth-order valence-electron chi connectivity index (χ4n) is 2.96. The van der Waals surface area contributed by atoms with Crippen molar-refractivity contribution in [3.8, 4) is 11.4 Å². The first-order valence-electron chi connectivity index (χ1n) is 8.75. The number of benzene rings is 2. The lowest BCUT2D eigenvalue weighted by molar-refractivity contribution is 0.101. The average molecular weight is 371 g/mol. The van der Waals surface area contributed by atoms with Crippen LogP contribution in [0.25, 0.3) is 11.4 Å². The quantitative estimate of drug-likeness (QED) is 0.503. The van der Waals surface area contributed by atoms with Crippen LogP contribution in [0.2, 0.25) is 0 Å². The van der Waals surface area contributed by atoms with E-state index < -0.39 is 0 Å². The molecular formula is C21H17N5O2. The number of hydrogen-bond acceptors (Lipinski definition) is 5. The number of nitrogens with zero attached hydrogens (tertiary/aromatic N) is 5. The Morgan fingerprint density at radius 1 is 0.857 bits per heavy atom. The summed E-state index contributed by atoms with van der Waals surface area (Å²) in [5.74, 6) is -0.558. The first kappa shape index (κ1) is 17.5. The normalized spacial score (nSPS) is 10.8. The Kier molecular flexibility index (Phi) is 4.41. The first-order chi connectivity index (χ1) is 13.6. The number of para-hydroxylation sites is 2. The molecule has 0 spiro atoms. The van der Waals surface area contributed by atoms with Gasteiger partial charge in [-0.25, -0.2) is 9.36 Å². The van der Waals surface area contributed by atoms with Gasteiger partial charge in [-0.2, -0.15) is 5.10 Å². The molecule has 0 atom stereocenters. The van der Waals surface area contributed by atoms with Crippen molar-refractivity contribution in [2.45, 2.75) is 13.8 Å². The van der Waals surface area contributed by atoms with Crippen molar-refractivity contribution in [1.82, 2.24) is 24.8 Å². The van der Waals surface area contributed by atoms with Crippen molar-refractivity contribution in [3.63, 3.8) is 0 Å². The average Bonchev–Trinajstić information content (AvgIpc) is 3.33. The van der Waals surface area contributed by atoms with Gasteiger partial charge in [0.05, 0.1) is 17.1 Å². The number of carbonyl (C=O) groups is 2. The summed E-state index contributed by atoms with van der Waals surface area (Å²) < 4.78 is 3.09. The van der Waals surface area contributed by atoms with Crippen LogP contribution in [-0.4, -0.2) is 36.3 Å². The third kappa shape index (κ3) is 3.03. The van der Waals surface area contributed by atoms with E-state index in [4.69, 9.17) is 0 Å². The molecule has 0 unspecified atom stereocenters. The second kappa shape index (κ2) is 7.03. The van der Waals surface area contributed by atoms with Crippen molar-refractivity contribution in [3.05, 3.63) is 89.5 Å². The maximum atomic E-state index is 13.3. The summed E-state index contributed by atoms with van der Waals surface area (Å²) in [5.41, 5.74) is 2.82. The van der Waals surface area contributed by atoms with Crippen molar-refractivity contribution >= 4 is 11.6 Å². The van der Waals surface area contributed by atoms with Crippen LogP contribution in [0.5, 0.6) is 0 Å². The predicted octanol–water partition coefficient (Wildman–Crippen LogP) is 3.20. The molecule has 2 aromatic heterocycles. The van der Waals surface area contributed by atoms with Gasteiger partial charge in [-0.3, -0.25) is 9.59 Å². The molecule has 28 heavy (non-hydrogen) atoms. The lowest BCUT2D eigenvalue weighted by atomic mass is 10.1. The molecule has 4 aromatic rings. The summed E-state index contributed by atoms with van der Waals surface area (Å²) in [6.45, 7) is 3.21. The van der Waals surface area contributed by atoms with Crippen molar-refractivity contribution in [2.24, 2.45) is 0 Å². The van der Waals surface area contributed by atoms with E-state index >= 15 is 0 Å². The van der Waals surface area contributed by atoms with E-state index in [0.29, 0.717) is 11.4 Å². The lowest BCUT2D eigenvalue weighted by Crippen LogP contribution is -2.12. The van der Waals surface area contributed by atoms with E-state index in [2.05, 4.69) is 15.4 Å². The van der Waals surface area contributed by atoms with E-state index in [1.54, 1.807) is 11.6 Å². The van der Waals surface area contributed by atoms with Gasteiger partial charge in [0.2, 0.25) is 5.78 Å². The highest BCUT2D eigenvalue weighted by molar-refractivity contribution is 6.08. The van der Waals surface area contributed by atoms with Gasteiger partial charge in [0, 0.05) is 6.92 Å². The van der Waals surface area contributed by atoms with Crippen LogP contribution >= 0.6 is 0 Å². The Morgan fingerprint density at radius 2 is 1.43 bits per heavy atom. The van der Waals surface area contributed by atoms with Crippen LogP contribution < -0.4 is 0 Å². The molecule has 138 valence electrons. The van der Waals surface area contributed by atoms with Gasteiger partial charge in [-0.05, 0) is 37.3 Å². The molecule has 0 aliphatic heterocycles. The molecule has 0 bridgehead atoms. The highest BCUT2D eigenvalue weighted by Crippen LogP contribution is 2.19. The maximum Gasteiger partial charge on any atom is 0.233 e. The van der Waals surface area contributed by atoms with Crippen molar-refractivity contribution in [1.29, 1.82) is 0 Å². The molecule has 0 saturated carbocycles. The highest BCUT2D eigenvalue weighted by atomic mass is 16.1. The SMILES string of the molecule is CC(=O)c1cc(C(=O)c2nnn(-c3ccccc3)c2C)n(-c2ccccc2)n1. The monoisotopic (exact) mass is 371 g/mol. The third-order valence-electron chi connectivity index (χ3n) is 4.41. The largest absolute Gasteiger partial charge is 0.293 e. The van der Waals surface area contributed by atoms with Crippen LogP contribution in [0.15, 0.2) is 66.7 Å². The van der Waals surface area contributed by atoms with Gasteiger partial charge in [-0.15, -0.1) is 5.10 Å². The molecule has 0 amide bonds. The number of aromatic nitrogens is 5. The molecule has 2 heterocycles. The lowest BCUT2D eigenvalue weighted by Gasteiger charge is -2.06. The van der Waals surface area contributed by atoms with Gasteiger partial charge in [0.15, 0.2) is 11.5 Å². The molecule has 2 aromatic carbocycles.